The lowest BCUT2D eigenvalue weighted by molar-refractivity contribution is 0.247. The van der Waals surface area contributed by atoms with Gasteiger partial charge in [-0.1, -0.05) is 0 Å². The molecule has 0 bridgehead atoms. The Kier molecular flexibility index (Phi) is 3.89. The van der Waals surface area contributed by atoms with Crippen molar-refractivity contribution < 1.29 is 4.39 Å². The average molecular weight is 284 g/mol. The number of pyridine rings is 1. The van der Waals surface area contributed by atoms with Crippen LogP contribution in [0.5, 0.6) is 0 Å². The molecule has 1 saturated heterocycles. The van der Waals surface area contributed by atoms with Gasteiger partial charge in [-0.25, -0.2) is 9.37 Å². The minimum Gasteiger partial charge on any atom is -0.354 e. The van der Waals surface area contributed by atoms with E-state index in [0.717, 1.165) is 43.5 Å². The maximum atomic E-state index is 13.2. The molecule has 0 aromatic carbocycles. The molecule has 0 unspecified atom stereocenters. The summed E-state index contributed by atoms with van der Waals surface area (Å²) in [4.78, 5) is 8.97. The van der Waals surface area contributed by atoms with Crippen molar-refractivity contribution >= 4 is 17.4 Å². The molecule has 1 aliphatic heterocycles. The third-order valence-electron chi connectivity index (χ3n) is 3.94. The molecule has 5 heteroatoms. The van der Waals surface area contributed by atoms with Gasteiger partial charge in [-0.05, 0) is 24.8 Å². The largest absolute Gasteiger partial charge is 0.354 e. The van der Waals surface area contributed by atoms with Crippen LogP contribution >= 0.6 is 11.6 Å². The van der Waals surface area contributed by atoms with Crippen molar-refractivity contribution in [2.45, 2.75) is 18.7 Å². The number of nitrogens with zero attached hydrogens (tertiary/aromatic N) is 3. The molecule has 1 aromatic rings. The first-order valence-corrected chi connectivity index (χ1v) is 7.47. The third-order valence-corrected chi connectivity index (χ3v) is 4.23. The van der Waals surface area contributed by atoms with Gasteiger partial charge in [0.2, 0.25) is 0 Å². The van der Waals surface area contributed by atoms with E-state index >= 15 is 0 Å². The second-order valence-corrected chi connectivity index (χ2v) is 5.77. The predicted octanol–water partition coefficient (Wildman–Crippen LogP) is 2.49. The monoisotopic (exact) mass is 283 g/mol. The van der Waals surface area contributed by atoms with Gasteiger partial charge in [0, 0.05) is 38.3 Å². The third kappa shape index (κ3) is 3.18. The van der Waals surface area contributed by atoms with Crippen LogP contribution in [-0.2, 0) is 5.88 Å². The van der Waals surface area contributed by atoms with E-state index in [-0.39, 0.29) is 5.82 Å². The van der Waals surface area contributed by atoms with E-state index in [2.05, 4.69) is 14.8 Å². The van der Waals surface area contributed by atoms with E-state index in [9.17, 15) is 4.39 Å². The highest BCUT2D eigenvalue weighted by Crippen LogP contribution is 2.30. The van der Waals surface area contributed by atoms with Gasteiger partial charge < -0.3 is 4.90 Å². The molecule has 2 aliphatic rings. The van der Waals surface area contributed by atoms with E-state index in [0.29, 0.717) is 5.88 Å². The molecular formula is C14H19ClFN3. The fourth-order valence-electron chi connectivity index (χ4n) is 2.66. The summed E-state index contributed by atoms with van der Waals surface area (Å²) >= 11 is 5.89. The molecule has 0 atom stereocenters. The zero-order valence-electron chi connectivity index (χ0n) is 11.0. The van der Waals surface area contributed by atoms with Crippen molar-refractivity contribution in [2.24, 2.45) is 5.92 Å². The van der Waals surface area contributed by atoms with Crippen LogP contribution in [0.15, 0.2) is 12.3 Å². The summed E-state index contributed by atoms with van der Waals surface area (Å²) < 4.78 is 13.2. The van der Waals surface area contributed by atoms with Crippen molar-refractivity contribution in [1.29, 1.82) is 0 Å². The Hall–Kier alpha value is -0.870. The van der Waals surface area contributed by atoms with Gasteiger partial charge in [0.05, 0.1) is 12.1 Å². The minimum absolute atomic E-state index is 0.308. The maximum Gasteiger partial charge on any atom is 0.141 e. The van der Waals surface area contributed by atoms with Crippen LogP contribution in [0.4, 0.5) is 10.2 Å². The van der Waals surface area contributed by atoms with Gasteiger partial charge in [-0.15, -0.1) is 11.6 Å². The van der Waals surface area contributed by atoms with Crippen LogP contribution in [0.1, 0.15) is 18.4 Å². The number of hydrogen-bond acceptors (Lipinski definition) is 3. The van der Waals surface area contributed by atoms with Crippen LogP contribution in [0.2, 0.25) is 0 Å². The van der Waals surface area contributed by atoms with Gasteiger partial charge in [0.1, 0.15) is 11.6 Å². The zero-order valence-corrected chi connectivity index (χ0v) is 11.7. The molecule has 0 amide bonds. The van der Waals surface area contributed by atoms with Crippen LogP contribution in [0, 0.1) is 11.7 Å². The summed E-state index contributed by atoms with van der Waals surface area (Å²) in [6.07, 6.45) is 4.08. The molecule has 0 spiro atoms. The molecule has 0 radical (unpaired) electrons. The molecule has 1 aromatic heterocycles. The first kappa shape index (κ1) is 13.1. The van der Waals surface area contributed by atoms with Gasteiger partial charge in [0.15, 0.2) is 0 Å². The Balaban J connectivity index is 1.63. The Labute approximate surface area is 118 Å². The second-order valence-electron chi connectivity index (χ2n) is 5.50. The Morgan fingerprint density at radius 2 is 2.00 bits per heavy atom. The first-order chi connectivity index (χ1) is 9.26. The normalized spacial score (nSPS) is 20.8. The van der Waals surface area contributed by atoms with E-state index in [4.69, 9.17) is 11.6 Å². The van der Waals surface area contributed by atoms with Gasteiger partial charge in [-0.3, -0.25) is 4.90 Å². The number of aromatic nitrogens is 1. The molecular weight excluding hydrogens is 265 g/mol. The van der Waals surface area contributed by atoms with E-state index in [1.165, 1.54) is 31.6 Å². The SMILES string of the molecule is Fc1cnc(N2CCN(CC3CC3)CC2)c(CCl)c1. The fourth-order valence-corrected chi connectivity index (χ4v) is 2.86. The van der Waals surface area contributed by atoms with Crippen molar-refractivity contribution in [3.63, 3.8) is 0 Å². The van der Waals surface area contributed by atoms with Gasteiger partial charge in [-0.2, -0.15) is 0 Å². The lowest BCUT2D eigenvalue weighted by atomic mass is 10.2. The van der Waals surface area contributed by atoms with Crippen LogP contribution in [0.25, 0.3) is 0 Å². The highest BCUT2D eigenvalue weighted by atomic mass is 35.5. The summed E-state index contributed by atoms with van der Waals surface area (Å²) in [5, 5.41) is 0. The van der Waals surface area contributed by atoms with Crippen molar-refractivity contribution in [3.8, 4) is 0 Å². The fraction of sp³-hybridized carbons (Fsp3) is 0.643. The smallest absolute Gasteiger partial charge is 0.141 e. The number of alkyl halides is 1. The Bertz CT molecular complexity index is 442. The number of anilines is 1. The number of hydrogen-bond donors (Lipinski definition) is 0. The highest BCUT2D eigenvalue weighted by molar-refractivity contribution is 6.17. The summed E-state index contributed by atoms with van der Waals surface area (Å²) in [5.74, 6) is 1.78. The molecule has 104 valence electrons. The lowest BCUT2D eigenvalue weighted by Gasteiger charge is -2.36. The van der Waals surface area contributed by atoms with E-state index in [1.54, 1.807) is 0 Å². The van der Waals surface area contributed by atoms with Gasteiger partial charge in [0.25, 0.3) is 0 Å². The molecule has 19 heavy (non-hydrogen) atoms. The number of rotatable bonds is 4. The molecule has 2 heterocycles. The van der Waals surface area contributed by atoms with E-state index in [1.807, 2.05) is 0 Å². The zero-order chi connectivity index (χ0) is 13.2. The van der Waals surface area contributed by atoms with Crippen molar-refractivity contribution in [3.05, 3.63) is 23.6 Å². The molecule has 3 nitrogen and oxygen atoms in total. The summed E-state index contributed by atoms with van der Waals surface area (Å²) in [6, 6.07) is 1.49. The Morgan fingerprint density at radius 1 is 1.26 bits per heavy atom. The average Bonchev–Trinajstić information content (AvgIpc) is 3.24. The minimum atomic E-state index is -0.313. The first-order valence-electron chi connectivity index (χ1n) is 6.94. The quantitative estimate of drug-likeness (QED) is 0.792. The van der Waals surface area contributed by atoms with E-state index < -0.39 is 0 Å². The van der Waals surface area contributed by atoms with Crippen LogP contribution < -0.4 is 4.90 Å². The van der Waals surface area contributed by atoms with Gasteiger partial charge >= 0.3 is 0 Å². The number of piperazine rings is 1. The van der Waals surface area contributed by atoms with Crippen molar-refractivity contribution in [2.75, 3.05) is 37.6 Å². The topological polar surface area (TPSA) is 19.4 Å². The number of halogens is 2. The maximum absolute atomic E-state index is 13.2. The standard InChI is InChI=1S/C14H19ClFN3/c15-8-12-7-13(16)9-17-14(12)19-5-3-18(4-6-19)10-11-1-2-11/h7,9,11H,1-6,8,10H2. The lowest BCUT2D eigenvalue weighted by Crippen LogP contribution is -2.47. The molecule has 1 saturated carbocycles. The van der Waals surface area contributed by atoms with Crippen LogP contribution in [0.3, 0.4) is 0 Å². The summed E-state index contributed by atoms with van der Waals surface area (Å²) in [5.41, 5.74) is 0.789. The summed E-state index contributed by atoms with van der Waals surface area (Å²) in [7, 11) is 0. The molecule has 0 N–H and O–H groups in total. The highest BCUT2D eigenvalue weighted by Gasteiger charge is 2.27. The predicted molar refractivity (Wildman–Crippen MR) is 75.1 cm³/mol. The van der Waals surface area contributed by atoms with Crippen molar-refractivity contribution in [1.82, 2.24) is 9.88 Å². The second kappa shape index (κ2) is 5.63. The van der Waals surface area contributed by atoms with Crippen LogP contribution in [-0.4, -0.2) is 42.6 Å². The molecule has 2 fully saturated rings. The Morgan fingerprint density at radius 3 is 2.63 bits per heavy atom. The molecule has 3 rings (SSSR count). The molecule has 1 aliphatic carbocycles. The summed E-state index contributed by atoms with van der Waals surface area (Å²) in [6.45, 7) is 5.28.